The number of anilines is 1. The van der Waals surface area contributed by atoms with E-state index < -0.39 is 0 Å². The van der Waals surface area contributed by atoms with E-state index in [1.807, 2.05) is 30.3 Å². The zero-order valence-corrected chi connectivity index (χ0v) is 12.7. The van der Waals surface area contributed by atoms with Crippen LogP contribution in [0, 0.1) is 0 Å². The molecule has 0 atom stereocenters. The molecule has 0 saturated carbocycles. The predicted molar refractivity (Wildman–Crippen MR) is 88.3 cm³/mol. The van der Waals surface area contributed by atoms with Gasteiger partial charge in [-0.1, -0.05) is 35.9 Å². The third-order valence-corrected chi connectivity index (χ3v) is 3.39. The average molecular weight is 326 g/mol. The van der Waals surface area contributed by atoms with Gasteiger partial charge in [0.25, 0.3) is 0 Å². The van der Waals surface area contributed by atoms with E-state index in [9.17, 15) is 4.79 Å². The first kappa shape index (κ1) is 14.9. The molecule has 7 heteroatoms. The molecule has 0 aliphatic heterocycles. The van der Waals surface area contributed by atoms with Crippen molar-refractivity contribution in [2.45, 2.75) is 0 Å². The lowest BCUT2D eigenvalue weighted by Gasteiger charge is -2.05. The van der Waals surface area contributed by atoms with Crippen LogP contribution in [0.5, 0.6) is 0 Å². The van der Waals surface area contributed by atoms with Crippen molar-refractivity contribution in [3.63, 3.8) is 0 Å². The molecule has 0 unspecified atom stereocenters. The minimum absolute atomic E-state index is 0.251. The van der Waals surface area contributed by atoms with Crippen molar-refractivity contribution in [3.05, 3.63) is 71.5 Å². The Balaban J connectivity index is 1.71. The van der Waals surface area contributed by atoms with E-state index in [4.69, 9.17) is 11.6 Å². The van der Waals surface area contributed by atoms with Gasteiger partial charge in [0.15, 0.2) is 0 Å². The van der Waals surface area contributed by atoms with Crippen LogP contribution in [0.3, 0.4) is 0 Å². The molecule has 0 bridgehead atoms. The quantitative estimate of drug-likeness (QED) is 0.748. The topological polar surface area (TPSA) is 72.7 Å². The average Bonchev–Trinajstić information content (AvgIpc) is 3.09. The Morgan fingerprint density at radius 3 is 2.83 bits per heavy atom. The van der Waals surface area contributed by atoms with Gasteiger partial charge in [-0.3, -0.25) is 4.79 Å². The lowest BCUT2D eigenvalue weighted by molar-refractivity contribution is -0.111. The summed E-state index contributed by atoms with van der Waals surface area (Å²) in [5.74, 6) is -0.251. The third kappa shape index (κ3) is 3.81. The highest BCUT2D eigenvalue weighted by atomic mass is 35.5. The normalized spacial score (nSPS) is 10.8. The molecule has 23 heavy (non-hydrogen) atoms. The van der Waals surface area contributed by atoms with Gasteiger partial charge in [0.2, 0.25) is 5.91 Å². The van der Waals surface area contributed by atoms with Gasteiger partial charge in [-0.2, -0.15) is 0 Å². The number of nitrogens with zero attached hydrogens (tertiary/aromatic N) is 4. The molecule has 0 saturated heterocycles. The number of hydrogen-bond acceptors (Lipinski definition) is 4. The van der Waals surface area contributed by atoms with Gasteiger partial charge in [-0.25, -0.2) is 4.68 Å². The summed E-state index contributed by atoms with van der Waals surface area (Å²) in [6, 6.07) is 14.5. The van der Waals surface area contributed by atoms with Crippen LogP contribution < -0.4 is 5.32 Å². The summed E-state index contributed by atoms with van der Waals surface area (Å²) >= 11 is 6.04. The molecule has 0 radical (unpaired) electrons. The van der Waals surface area contributed by atoms with Crippen LogP contribution in [-0.4, -0.2) is 26.1 Å². The molecule has 6 nitrogen and oxygen atoms in total. The Morgan fingerprint density at radius 1 is 1.17 bits per heavy atom. The summed E-state index contributed by atoms with van der Waals surface area (Å²) in [5.41, 5.74) is 2.18. The van der Waals surface area contributed by atoms with Gasteiger partial charge in [0, 0.05) is 16.8 Å². The van der Waals surface area contributed by atoms with E-state index in [2.05, 4.69) is 20.8 Å². The lowest BCUT2D eigenvalue weighted by atomic mass is 10.2. The van der Waals surface area contributed by atoms with Gasteiger partial charge in [0.1, 0.15) is 6.33 Å². The molecule has 1 N–H and O–H groups in total. The molecule has 114 valence electrons. The Labute approximate surface area is 137 Å². The summed E-state index contributed by atoms with van der Waals surface area (Å²) in [6.07, 6.45) is 4.59. The number of amides is 1. The second-order valence-electron chi connectivity index (χ2n) is 4.65. The minimum atomic E-state index is -0.251. The van der Waals surface area contributed by atoms with Crippen molar-refractivity contribution >= 4 is 29.3 Å². The molecule has 0 aliphatic rings. The molecule has 3 aromatic rings. The summed E-state index contributed by atoms with van der Waals surface area (Å²) < 4.78 is 1.51. The number of benzene rings is 2. The lowest BCUT2D eigenvalue weighted by Crippen LogP contribution is -2.08. The highest BCUT2D eigenvalue weighted by Crippen LogP contribution is 2.17. The van der Waals surface area contributed by atoms with Crippen molar-refractivity contribution in [2.75, 3.05) is 5.32 Å². The van der Waals surface area contributed by atoms with Crippen molar-refractivity contribution in [1.29, 1.82) is 0 Å². The van der Waals surface area contributed by atoms with E-state index in [0.29, 0.717) is 10.7 Å². The number of nitrogens with one attached hydrogen (secondary N) is 1. The summed E-state index contributed by atoms with van der Waals surface area (Å²) in [4.78, 5) is 12.0. The number of rotatable bonds is 4. The van der Waals surface area contributed by atoms with Crippen LogP contribution in [-0.2, 0) is 4.79 Å². The van der Waals surface area contributed by atoms with E-state index >= 15 is 0 Å². The largest absolute Gasteiger partial charge is 0.322 e. The first-order valence-corrected chi connectivity index (χ1v) is 7.17. The van der Waals surface area contributed by atoms with Crippen molar-refractivity contribution < 1.29 is 4.79 Å². The Kier molecular flexibility index (Phi) is 4.44. The molecule has 1 aromatic heterocycles. The zero-order valence-electron chi connectivity index (χ0n) is 11.9. The van der Waals surface area contributed by atoms with E-state index in [0.717, 1.165) is 11.3 Å². The maximum atomic E-state index is 12.0. The Morgan fingerprint density at radius 2 is 2.04 bits per heavy atom. The van der Waals surface area contributed by atoms with Crippen LogP contribution in [0.1, 0.15) is 5.56 Å². The molecule has 3 rings (SSSR count). The smallest absolute Gasteiger partial charge is 0.248 e. The van der Waals surface area contributed by atoms with Crippen LogP contribution in [0.2, 0.25) is 5.02 Å². The Bertz CT molecular complexity index is 845. The van der Waals surface area contributed by atoms with Crippen LogP contribution in [0.25, 0.3) is 11.8 Å². The fraction of sp³-hybridized carbons (Fsp3) is 0. The van der Waals surface area contributed by atoms with Crippen molar-refractivity contribution in [2.24, 2.45) is 0 Å². The zero-order chi connectivity index (χ0) is 16.1. The first-order chi connectivity index (χ1) is 11.2. The van der Waals surface area contributed by atoms with Crippen molar-refractivity contribution in [3.8, 4) is 5.69 Å². The maximum Gasteiger partial charge on any atom is 0.248 e. The number of carbonyl (C=O) groups excluding carboxylic acids is 1. The molecule has 2 aromatic carbocycles. The molecule has 0 fully saturated rings. The molecule has 1 heterocycles. The molecule has 0 aliphatic carbocycles. The minimum Gasteiger partial charge on any atom is -0.322 e. The highest BCUT2D eigenvalue weighted by Gasteiger charge is 2.02. The maximum absolute atomic E-state index is 12.0. The van der Waals surface area contributed by atoms with Gasteiger partial charge in [-0.15, -0.1) is 5.10 Å². The van der Waals surface area contributed by atoms with Crippen molar-refractivity contribution in [1.82, 2.24) is 20.2 Å². The number of halogens is 1. The molecule has 0 spiro atoms. The van der Waals surface area contributed by atoms with Crippen LogP contribution in [0.15, 0.2) is 60.9 Å². The standard InChI is InChI=1S/C16H12ClN5O/c17-15-7-2-1-4-12(15)8-9-16(23)19-13-5-3-6-14(10-13)22-11-18-20-21-22/h1-11H,(H,19,23)/b9-8+. The van der Waals surface area contributed by atoms with E-state index in [1.54, 1.807) is 24.3 Å². The number of hydrogen-bond donors (Lipinski definition) is 1. The molecule has 1 amide bonds. The number of carbonyl (C=O) groups is 1. The predicted octanol–water partition coefficient (Wildman–Crippen LogP) is 2.97. The SMILES string of the molecule is O=C(/C=C/c1ccccc1Cl)Nc1cccc(-n2cnnn2)c1. The van der Waals surface area contributed by atoms with E-state index in [1.165, 1.54) is 17.1 Å². The summed E-state index contributed by atoms with van der Waals surface area (Å²) in [6.45, 7) is 0. The first-order valence-electron chi connectivity index (χ1n) is 6.79. The number of aromatic nitrogens is 4. The number of tetrazole rings is 1. The van der Waals surface area contributed by atoms with Gasteiger partial charge in [0.05, 0.1) is 5.69 Å². The fourth-order valence-corrected chi connectivity index (χ4v) is 2.16. The van der Waals surface area contributed by atoms with Crippen LogP contribution in [0.4, 0.5) is 5.69 Å². The van der Waals surface area contributed by atoms with Gasteiger partial charge >= 0.3 is 0 Å². The monoisotopic (exact) mass is 325 g/mol. The summed E-state index contributed by atoms with van der Waals surface area (Å²) in [5, 5.41) is 14.3. The third-order valence-electron chi connectivity index (χ3n) is 3.05. The second-order valence-corrected chi connectivity index (χ2v) is 5.06. The van der Waals surface area contributed by atoms with Crippen LogP contribution >= 0.6 is 11.6 Å². The van der Waals surface area contributed by atoms with E-state index in [-0.39, 0.29) is 5.91 Å². The summed E-state index contributed by atoms with van der Waals surface area (Å²) in [7, 11) is 0. The Hall–Kier alpha value is -2.99. The molecular formula is C16H12ClN5O. The molecular weight excluding hydrogens is 314 g/mol. The second kappa shape index (κ2) is 6.85. The fourth-order valence-electron chi connectivity index (χ4n) is 1.97. The van der Waals surface area contributed by atoms with Gasteiger partial charge < -0.3 is 5.32 Å². The highest BCUT2D eigenvalue weighted by molar-refractivity contribution is 6.32. The van der Waals surface area contributed by atoms with Gasteiger partial charge in [-0.05, 0) is 46.3 Å².